The molecule has 9 nitrogen and oxygen atoms in total. The standard InChI is InChI=1S/C20H18N4O5S/c1-30-20-21-18(16-6-2-3-9-23(16)20)19(26)29-12-17(25)22-10-4-5-13-11-14(24(27)28)7-8-15(13)22/h2-3,6-9,11H,4-5,10,12H2,1H3. The molecule has 0 radical (unpaired) electrons. The largest absolute Gasteiger partial charge is 0.451 e. The van der Waals surface area contributed by atoms with Gasteiger partial charge in [0.15, 0.2) is 17.5 Å². The molecular formula is C20H18N4O5S. The Labute approximate surface area is 175 Å². The Morgan fingerprint density at radius 3 is 2.90 bits per heavy atom. The first-order valence-electron chi connectivity index (χ1n) is 9.25. The quantitative estimate of drug-likeness (QED) is 0.267. The molecule has 0 saturated carbocycles. The van der Waals surface area contributed by atoms with Gasteiger partial charge in [-0.1, -0.05) is 17.8 Å². The average molecular weight is 426 g/mol. The lowest BCUT2D eigenvalue weighted by atomic mass is 10.0. The second-order valence-electron chi connectivity index (χ2n) is 6.70. The Hall–Kier alpha value is -3.40. The fraction of sp³-hybridized carbons (Fsp3) is 0.250. The molecule has 4 rings (SSSR count). The summed E-state index contributed by atoms with van der Waals surface area (Å²) in [5.74, 6) is -1.06. The Bertz CT molecular complexity index is 1160. The molecule has 2 aromatic heterocycles. The van der Waals surface area contributed by atoms with E-state index in [1.54, 1.807) is 28.8 Å². The number of nitro benzene ring substituents is 1. The van der Waals surface area contributed by atoms with E-state index < -0.39 is 17.5 Å². The van der Waals surface area contributed by atoms with E-state index in [-0.39, 0.29) is 17.3 Å². The number of fused-ring (bicyclic) bond motifs is 2. The van der Waals surface area contributed by atoms with Gasteiger partial charge in [-0.3, -0.25) is 19.3 Å². The Kier molecular flexibility index (Phi) is 5.40. The van der Waals surface area contributed by atoms with Gasteiger partial charge in [-0.15, -0.1) is 0 Å². The Morgan fingerprint density at radius 1 is 1.30 bits per heavy atom. The molecular weight excluding hydrogens is 408 g/mol. The molecule has 0 atom stereocenters. The number of anilines is 1. The lowest BCUT2D eigenvalue weighted by Gasteiger charge is -2.29. The van der Waals surface area contributed by atoms with Gasteiger partial charge in [0.05, 0.1) is 10.4 Å². The van der Waals surface area contributed by atoms with Crippen LogP contribution in [0.15, 0.2) is 47.8 Å². The summed E-state index contributed by atoms with van der Waals surface area (Å²) < 4.78 is 7.05. The first-order chi connectivity index (χ1) is 14.5. The molecule has 0 spiro atoms. The van der Waals surface area contributed by atoms with Crippen molar-refractivity contribution in [3.63, 3.8) is 0 Å². The molecule has 0 fully saturated rings. The zero-order chi connectivity index (χ0) is 21.3. The molecule has 0 unspecified atom stereocenters. The van der Waals surface area contributed by atoms with Crippen molar-refractivity contribution in [1.29, 1.82) is 0 Å². The summed E-state index contributed by atoms with van der Waals surface area (Å²) in [6, 6.07) is 9.83. The van der Waals surface area contributed by atoms with Gasteiger partial charge in [-0.2, -0.15) is 0 Å². The van der Waals surface area contributed by atoms with E-state index in [2.05, 4.69) is 4.98 Å². The summed E-state index contributed by atoms with van der Waals surface area (Å²) >= 11 is 1.40. The first kappa shape index (κ1) is 19.9. The highest BCUT2D eigenvalue weighted by molar-refractivity contribution is 7.98. The minimum absolute atomic E-state index is 0.00858. The number of amides is 1. The maximum atomic E-state index is 12.7. The molecule has 3 aromatic rings. The minimum atomic E-state index is -0.673. The van der Waals surface area contributed by atoms with Crippen molar-refractivity contribution < 1.29 is 19.2 Å². The van der Waals surface area contributed by atoms with Crippen molar-refractivity contribution in [3.05, 3.63) is 64.0 Å². The predicted octanol–water partition coefficient (Wildman–Crippen LogP) is 3.10. The van der Waals surface area contributed by atoms with Crippen LogP contribution in [0.2, 0.25) is 0 Å². The van der Waals surface area contributed by atoms with Crippen molar-refractivity contribution in [1.82, 2.24) is 9.38 Å². The number of thioether (sulfide) groups is 1. The number of non-ortho nitro benzene ring substituents is 1. The number of benzene rings is 1. The molecule has 0 saturated heterocycles. The molecule has 1 aliphatic heterocycles. The summed E-state index contributed by atoms with van der Waals surface area (Å²) in [7, 11) is 0. The zero-order valence-electron chi connectivity index (χ0n) is 16.1. The van der Waals surface area contributed by atoms with Crippen molar-refractivity contribution >= 4 is 40.5 Å². The summed E-state index contributed by atoms with van der Waals surface area (Å²) in [5.41, 5.74) is 2.10. The molecule has 1 amide bonds. The maximum absolute atomic E-state index is 12.7. The van der Waals surface area contributed by atoms with Gasteiger partial charge in [0.2, 0.25) is 0 Å². The van der Waals surface area contributed by atoms with Crippen LogP contribution in [0.3, 0.4) is 0 Å². The first-order valence-corrected chi connectivity index (χ1v) is 10.5. The van der Waals surface area contributed by atoms with Crippen LogP contribution in [0, 0.1) is 10.1 Å². The number of rotatable bonds is 5. The van der Waals surface area contributed by atoms with E-state index >= 15 is 0 Å². The molecule has 154 valence electrons. The third-order valence-corrected chi connectivity index (χ3v) is 5.57. The number of hydrogen-bond acceptors (Lipinski definition) is 7. The van der Waals surface area contributed by atoms with Crippen molar-refractivity contribution in [2.45, 2.75) is 18.0 Å². The summed E-state index contributed by atoms with van der Waals surface area (Å²) in [4.78, 5) is 41.7. The number of carbonyl (C=O) groups excluding carboxylic acids is 2. The van der Waals surface area contributed by atoms with Crippen LogP contribution in [0.5, 0.6) is 0 Å². The van der Waals surface area contributed by atoms with Gasteiger partial charge >= 0.3 is 5.97 Å². The van der Waals surface area contributed by atoms with Gasteiger partial charge in [0.1, 0.15) is 0 Å². The lowest BCUT2D eigenvalue weighted by molar-refractivity contribution is -0.384. The number of nitrogens with zero attached hydrogens (tertiary/aromatic N) is 4. The molecule has 3 heterocycles. The number of aromatic nitrogens is 2. The molecule has 1 aliphatic rings. The van der Waals surface area contributed by atoms with Crippen LogP contribution >= 0.6 is 11.8 Å². The summed E-state index contributed by atoms with van der Waals surface area (Å²) in [6.07, 6.45) is 4.99. The summed E-state index contributed by atoms with van der Waals surface area (Å²) in [6.45, 7) is 0.0287. The molecule has 0 N–H and O–H groups in total. The molecule has 10 heteroatoms. The molecule has 0 aliphatic carbocycles. The van der Waals surface area contributed by atoms with Gasteiger partial charge < -0.3 is 9.64 Å². The van der Waals surface area contributed by atoms with Crippen molar-refractivity contribution in [3.8, 4) is 0 Å². The highest BCUT2D eigenvalue weighted by Crippen LogP contribution is 2.30. The zero-order valence-corrected chi connectivity index (χ0v) is 16.9. The van der Waals surface area contributed by atoms with Gasteiger partial charge in [-0.05, 0) is 42.9 Å². The van der Waals surface area contributed by atoms with Crippen molar-refractivity contribution in [2.24, 2.45) is 0 Å². The smallest absolute Gasteiger partial charge is 0.359 e. The van der Waals surface area contributed by atoms with Gasteiger partial charge in [-0.25, -0.2) is 9.78 Å². The van der Waals surface area contributed by atoms with Crippen LogP contribution in [0.4, 0.5) is 11.4 Å². The molecule has 0 bridgehead atoms. The topological polar surface area (TPSA) is 107 Å². The van der Waals surface area contributed by atoms with E-state index in [1.807, 2.05) is 12.3 Å². The van der Waals surface area contributed by atoms with E-state index in [0.717, 1.165) is 5.56 Å². The lowest BCUT2D eigenvalue weighted by Crippen LogP contribution is -2.38. The summed E-state index contributed by atoms with van der Waals surface area (Å²) in [5, 5.41) is 11.6. The van der Waals surface area contributed by atoms with Crippen LogP contribution in [-0.2, 0) is 16.0 Å². The van der Waals surface area contributed by atoms with Crippen LogP contribution in [-0.4, -0.2) is 45.6 Å². The van der Waals surface area contributed by atoms with Gasteiger partial charge in [0.25, 0.3) is 11.6 Å². The van der Waals surface area contributed by atoms with Crippen molar-refractivity contribution in [2.75, 3.05) is 24.3 Å². The SMILES string of the molecule is CSc1nc(C(=O)OCC(=O)N2CCCc3cc([N+](=O)[O-])ccc32)c2ccccn12. The number of pyridine rings is 1. The minimum Gasteiger partial charge on any atom is -0.451 e. The molecule has 1 aromatic carbocycles. The van der Waals surface area contributed by atoms with Crippen LogP contribution < -0.4 is 4.90 Å². The van der Waals surface area contributed by atoms with Crippen LogP contribution in [0.25, 0.3) is 5.52 Å². The number of hydrogen-bond donors (Lipinski definition) is 0. The number of aryl methyl sites for hydroxylation is 1. The van der Waals surface area contributed by atoms with Gasteiger partial charge in [0, 0.05) is 30.6 Å². The highest BCUT2D eigenvalue weighted by Gasteiger charge is 2.26. The van der Waals surface area contributed by atoms with E-state index in [1.165, 1.54) is 28.8 Å². The van der Waals surface area contributed by atoms with E-state index in [0.29, 0.717) is 35.7 Å². The fourth-order valence-electron chi connectivity index (χ4n) is 3.53. The normalized spacial score (nSPS) is 13.2. The fourth-order valence-corrected chi connectivity index (χ4v) is 4.07. The number of carbonyl (C=O) groups is 2. The van der Waals surface area contributed by atoms with Crippen LogP contribution in [0.1, 0.15) is 22.5 Å². The number of esters is 1. The molecule has 30 heavy (non-hydrogen) atoms. The second kappa shape index (κ2) is 8.15. The third kappa shape index (κ3) is 3.61. The number of nitro groups is 1. The van der Waals surface area contributed by atoms with E-state index in [9.17, 15) is 19.7 Å². The monoisotopic (exact) mass is 426 g/mol. The average Bonchev–Trinajstić information content (AvgIpc) is 3.15. The number of ether oxygens (including phenoxy) is 1. The number of imidazole rings is 1. The van der Waals surface area contributed by atoms with E-state index in [4.69, 9.17) is 4.74 Å². The predicted molar refractivity (Wildman–Crippen MR) is 111 cm³/mol. The third-order valence-electron chi connectivity index (χ3n) is 4.91. The second-order valence-corrected chi connectivity index (χ2v) is 7.47. The maximum Gasteiger partial charge on any atom is 0.359 e. The Balaban J connectivity index is 1.50. The Morgan fingerprint density at radius 2 is 2.13 bits per heavy atom. The highest BCUT2D eigenvalue weighted by atomic mass is 32.2.